The summed E-state index contributed by atoms with van der Waals surface area (Å²) in [5.41, 5.74) is 4.07. The van der Waals surface area contributed by atoms with Gasteiger partial charge in [0.2, 0.25) is 0 Å². The van der Waals surface area contributed by atoms with Gasteiger partial charge in [0.15, 0.2) is 0 Å². The first-order valence-electron chi connectivity index (χ1n) is 7.53. The minimum Gasteiger partial charge on any atom is -0.334 e. The Morgan fingerprint density at radius 3 is 2.68 bits per heavy atom. The normalized spacial score (nSPS) is 13.9. The number of amides is 1. The second-order valence-corrected chi connectivity index (χ2v) is 5.63. The Bertz CT molecular complexity index is 851. The van der Waals surface area contributed by atoms with Gasteiger partial charge in [0.05, 0.1) is 11.1 Å². The SMILES string of the molecule is O=C(c1cccc2cccnc12)N1CCc2ccccc2C1. The molecule has 0 saturated heterocycles. The van der Waals surface area contributed by atoms with E-state index >= 15 is 0 Å². The largest absolute Gasteiger partial charge is 0.334 e. The third-order valence-corrected chi connectivity index (χ3v) is 4.28. The summed E-state index contributed by atoms with van der Waals surface area (Å²) in [6, 6.07) is 18.0. The van der Waals surface area contributed by atoms with Gasteiger partial charge < -0.3 is 4.90 Å². The van der Waals surface area contributed by atoms with Gasteiger partial charge in [-0.2, -0.15) is 0 Å². The molecule has 22 heavy (non-hydrogen) atoms. The quantitative estimate of drug-likeness (QED) is 0.687. The van der Waals surface area contributed by atoms with Crippen LogP contribution in [0.3, 0.4) is 0 Å². The summed E-state index contributed by atoms with van der Waals surface area (Å²) in [5.74, 6) is 0.0683. The van der Waals surface area contributed by atoms with Crippen molar-refractivity contribution in [1.29, 1.82) is 0 Å². The van der Waals surface area contributed by atoms with Crippen LogP contribution >= 0.6 is 0 Å². The molecule has 1 amide bonds. The van der Waals surface area contributed by atoms with Crippen molar-refractivity contribution in [2.45, 2.75) is 13.0 Å². The first kappa shape index (κ1) is 13.0. The molecule has 2 heterocycles. The second kappa shape index (κ2) is 5.26. The molecule has 4 rings (SSSR count). The number of rotatable bonds is 1. The van der Waals surface area contributed by atoms with E-state index in [1.165, 1.54) is 11.1 Å². The maximum Gasteiger partial charge on any atom is 0.256 e. The third-order valence-electron chi connectivity index (χ3n) is 4.28. The number of carbonyl (C=O) groups excluding carboxylic acids is 1. The average molecular weight is 288 g/mol. The molecule has 0 unspecified atom stereocenters. The maximum absolute atomic E-state index is 12.9. The zero-order valence-corrected chi connectivity index (χ0v) is 12.2. The Kier molecular flexibility index (Phi) is 3.11. The average Bonchev–Trinajstić information content (AvgIpc) is 2.60. The molecule has 0 fully saturated rings. The Morgan fingerprint density at radius 2 is 1.77 bits per heavy atom. The summed E-state index contributed by atoms with van der Waals surface area (Å²) >= 11 is 0. The van der Waals surface area contributed by atoms with E-state index in [2.05, 4.69) is 23.2 Å². The molecule has 0 saturated carbocycles. The predicted molar refractivity (Wildman–Crippen MR) is 86.6 cm³/mol. The number of nitrogens with zero attached hydrogens (tertiary/aromatic N) is 2. The van der Waals surface area contributed by atoms with Crippen molar-refractivity contribution in [3.05, 3.63) is 77.5 Å². The smallest absolute Gasteiger partial charge is 0.256 e. The minimum absolute atomic E-state index is 0.0683. The molecular formula is C19H16N2O. The van der Waals surface area contributed by atoms with Gasteiger partial charge in [-0.15, -0.1) is 0 Å². The van der Waals surface area contributed by atoms with Crippen molar-refractivity contribution in [1.82, 2.24) is 9.88 Å². The molecule has 3 heteroatoms. The van der Waals surface area contributed by atoms with Crippen molar-refractivity contribution < 1.29 is 4.79 Å². The zero-order valence-electron chi connectivity index (χ0n) is 12.2. The van der Waals surface area contributed by atoms with Crippen LogP contribution in [0.15, 0.2) is 60.8 Å². The second-order valence-electron chi connectivity index (χ2n) is 5.63. The van der Waals surface area contributed by atoms with E-state index in [1.807, 2.05) is 41.3 Å². The van der Waals surface area contributed by atoms with Gasteiger partial charge in [-0.3, -0.25) is 9.78 Å². The number of carbonyl (C=O) groups is 1. The van der Waals surface area contributed by atoms with Crippen molar-refractivity contribution in [3.8, 4) is 0 Å². The standard InChI is InChI=1S/C19H16N2O/c22-19(17-9-3-7-15-8-4-11-20-18(15)17)21-12-10-14-5-1-2-6-16(14)13-21/h1-9,11H,10,12-13H2. The molecule has 0 atom stereocenters. The molecule has 108 valence electrons. The molecule has 0 bridgehead atoms. The molecule has 3 nitrogen and oxygen atoms in total. The van der Waals surface area contributed by atoms with Gasteiger partial charge in [0.25, 0.3) is 5.91 Å². The number of benzene rings is 2. The molecule has 0 radical (unpaired) electrons. The van der Waals surface area contributed by atoms with Crippen LogP contribution in [0.1, 0.15) is 21.5 Å². The van der Waals surface area contributed by atoms with E-state index in [1.54, 1.807) is 6.20 Å². The molecule has 0 aliphatic carbocycles. The fraction of sp³-hybridized carbons (Fsp3) is 0.158. The predicted octanol–water partition coefficient (Wildman–Crippen LogP) is 3.43. The zero-order chi connectivity index (χ0) is 14.9. The lowest BCUT2D eigenvalue weighted by Gasteiger charge is -2.29. The van der Waals surface area contributed by atoms with Gasteiger partial charge in [-0.05, 0) is 29.7 Å². The first-order chi connectivity index (χ1) is 10.8. The van der Waals surface area contributed by atoms with Gasteiger partial charge in [-0.1, -0.05) is 42.5 Å². The van der Waals surface area contributed by atoms with Crippen LogP contribution in [0.4, 0.5) is 0 Å². The molecule has 0 spiro atoms. The fourth-order valence-corrected chi connectivity index (χ4v) is 3.12. The van der Waals surface area contributed by atoms with E-state index < -0.39 is 0 Å². The molecular weight excluding hydrogens is 272 g/mol. The van der Waals surface area contributed by atoms with E-state index in [9.17, 15) is 4.79 Å². The van der Waals surface area contributed by atoms with Crippen LogP contribution in [-0.4, -0.2) is 22.3 Å². The number of hydrogen-bond acceptors (Lipinski definition) is 2. The van der Waals surface area contributed by atoms with Gasteiger partial charge in [0.1, 0.15) is 0 Å². The van der Waals surface area contributed by atoms with Gasteiger partial charge in [-0.25, -0.2) is 0 Å². The molecule has 1 aliphatic heterocycles. The Morgan fingerprint density at radius 1 is 0.955 bits per heavy atom. The van der Waals surface area contributed by atoms with Crippen LogP contribution < -0.4 is 0 Å². The Hall–Kier alpha value is -2.68. The van der Waals surface area contributed by atoms with Crippen LogP contribution in [0.2, 0.25) is 0 Å². The van der Waals surface area contributed by atoms with E-state index in [0.29, 0.717) is 12.1 Å². The maximum atomic E-state index is 12.9. The van der Waals surface area contributed by atoms with E-state index in [0.717, 1.165) is 23.9 Å². The van der Waals surface area contributed by atoms with Crippen molar-refractivity contribution in [2.75, 3.05) is 6.54 Å². The highest BCUT2D eigenvalue weighted by molar-refractivity contribution is 6.05. The summed E-state index contributed by atoms with van der Waals surface area (Å²) in [6.07, 6.45) is 2.66. The summed E-state index contributed by atoms with van der Waals surface area (Å²) in [4.78, 5) is 19.2. The van der Waals surface area contributed by atoms with Gasteiger partial charge in [0, 0.05) is 24.7 Å². The molecule has 1 aliphatic rings. The third kappa shape index (κ3) is 2.15. The monoisotopic (exact) mass is 288 g/mol. The van der Waals surface area contributed by atoms with E-state index in [-0.39, 0.29) is 5.91 Å². The molecule has 3 aromatic rings. The Balaban J connectivity index is 1.70. The molecule has 0 N–H and O–H groups in total. The van der Waals surface area contributed by atoms with Gasteiger partial charge >= 0.3 is 0 Å². The lowest BCUT2D eigenvalue weighted by Crippen LogP contribution is -2.36. The summed E-state index contributed by atoms with van der Waals surface area (Å²) in [6.45, 7) is 1.44. The number of para-hydroxylation sites is 1. The number of pyridine rings is 1. The number of aromatic nitrogens is 1. The summed E-state index contributed by atoms with van der Waals surface area (Å²) < 4.78 is 0. The lowest BCUT2D eigenvalue weighted by atomic mass is 9.99. The lowest BCUT2D eigenvalue weighted by molar-refractivity contribution is 0.0736. The highest BCUT2D eigenvalue weighted by atomic mass is 16.2. The van der Waals surface area contributed by atoms with Crippen molar-refractivity contribution in [3.63, 3.8) is 0 Å². The number of hydrogen-bond donors (Lipinski definition) is 0. The van der Waals surface area contributed by atoms with Crippen molar-refractivity contribution in [2.24, 2.45) is 0 Å². The molecule has 2 aromatic carbocycles. The highest BCUT2D eigenvalue weighted by Gasteiger charge is 2.23. The fourth-order valence-electron chi connectivity index (χ4n) is 3.12. The number of fused-ring (bicyclic) bond motifs is 2. The van der Waals surface area contributed by atoms with E-state index in [4.69, 9.17) is 0 Å². The topological polar surface area (TPSA) is 33.2 Å². The highest BCUT2D eigenvalue weighted by Crippen LogP contribution is 2.23. The van der Waals surface area contributed by atoms with Crippen LogP contribution in [0.25, 0.3) is 10.9 Å². The first-order valence-corrected chi connectivity index (χ1v) is 7.53. The van der Waals surface area contributed by atoms with Crippen LogP contribution in [0.5, 0.6) is 0 Å². The van der Waals surface area contributed by atoms with Crippen molar-refractivity contribution >= 4 is 16.8 Å². The minimum atomic E-state index is 0.0683. The Labute approximate surface area is 129 Å². The van der Waals surface area contributed by atoms with Crippen LogP contribution in [-0.2, 0) is 13.0 Å². The molecule has 1 aromatic heterocycles. The van der Waals surface area contributed by atoms with Crippen LogP contribution in [0, 0.1) is 0 Å². The summed E-state index contributed by atoms with van der Waals surface area (Å²) in [5, 5.41) is 1.01. The summed E-state index contributed by atoms with van der Waals surface area (Å²) in [7, 11) is 0.